The van der Waals surface area contributed by atoms with E-state index < -0.39 is 5.97 Å². The fourth-order valence-corrected chi connectivity index (χ4v) is 1.84. The summed E-state index contributed by atoms with van der Waals surface area (Å²) >= 11 is 0. The van der Waals surface area contributed by atoms with E-state index >= 15 is 0 Å². The highest BCUT2D eigenvalue weighted by Gasteiger charge is 2.06. The van der Waals surface area contributed by atoms with Gasteiger partial charge in [-0.2, -0.15) is 0 Å². The zero-order valence-electron chi connectivity index (χ0n) is 12.2. The molecule has 0 unspecified atom stereocenters. The molecule has 0 saturated heterocycles. The number of rotatable bonds is 6. The van der Waals surface area contributed by atoms with E-state index in [9.17, 15) is 9.59 Å². The number of aromatic nitrogens is 1. The molecule has 0 spiro atoms. The Morgan fingerprint density at radius 2 is 1.95 bits per heavy atom. The molecule has 0 aliphatic heterocycles. The van der Waals surface area contributed by atoms with Crippen LogP contribution >= 0.6 is 0 Å². The maximum absolute atomic E-state index is 11.8. The standard InChI is InChI=1S/C16H17N3O3/c1-22-16(21)13-4-6-14(7-5-13)19-15(20)11-18-10-12-3-2-8-17-9-12/h2-9,18H,10-11H2,1H3,(H,19,20). The Balaban J connectivity index is 1.78. The minimum Gasteiger partial charge on any atom is -0.465 e. The molecule has 1 aromatic carbocycles. The number of hydrogen-bond donors (Lipinski definition) is 2. The van der Waals surface area contributed by atoms with Gasteiger partial charge in [-0.25, -0.2) is 4.79 Å². The molecule has 114 valence electrons. The third-order valence-electron chi connectivity index (χ3n) is 2.93. The normalized spacial score (nSPS) is 10.0. The monoisotopic (exact) mass is 299 g/mol. The average molecular weight is 299 g/mol. The van der Waals surface area contributed by atoms with E-state index in [4.69, 9.17) is 0 Å². The molecule has 0 saturated carbocycles. The molecule has 0 atom stereocenters. The lowest BCUT2D eigenvalue weighted by Crippen LogP contribution is -2.27. The van der Waals surface area contributed by atoms with Crippen molar-refractivity contribution in [2.75, 3.05) is 19.0 Å². The largest absolute Gasteiger partial charge is 0.465 e. The molecule has 22 heavy (non-hydrogen) atoms. The average Bonchev–Trinajstić information content (AvgIpc) is 2.56. The summed E-state index contributed by atoms with van der Waals surface area (Å²) in [5.74, 6) is -0.564. The molecular weight excluding hydrogens is 282 g/mol. The Labute approximate surface area is 128 Å². The van der Waals surface area contributed by atoms with Gasteiger partial charge in [0.2, 0.25) is 5.91 Å². The number of benzene rings is 1. The minimum atomic E-state index is -0.406. The molecule has 0 radical (unpaired) electrons. The van der Waals surface area contributed by atoms with E-state index in [1.807, 2.05) is 12.1 Å². The predicted molar refractivity (Wildman–Crippen MR) is 82.4 cm³/mol. The van der Waals surface area contributed by atoms with Crippen LogP contribution in [0, 0.1) is 0 Å². The number of amides is 1. The first-order valence-corrected chi connectivity index (χ1v) is 6.77. The lowest BCUT2D eigenvalue weighted by molar-refractivity contribution is -0.115. The molecule has 0 fully saturated rings. The summed E-state index contributed by atoms with van der Waals surface area (Å²) in [4.78, 5) is 27.1. The predicted octanol–water partition coefficient (Wildman–Crippen LogP) is 1.60. The molecular formula is C16H17N3O3. The van der Waals surface area contributed by atoms with Crippen LogP contribution in [0.5, 0.6) is 0 Å². The summed E-state index contributed by atoms with van der Waals surface area (Å²) in [5, 5.41) is 5.78. The topological polar surface area (TPSA) is 80.3 Å². The van der Waals surface area contributed by atoms with Crippen molar-refractivity contribution in [3.8, 4) is 0 Å². The lowest BCUT2D eigenvalue weighted by Gasteiger charge is -2.07. The fourth-order valence-electron chi connectivity index (χ4n) is 1.84. The summed E-state index contributed by atoms with van der Waals surface area (Å²) in [6.45, 7) is 0.760. The van der Waals surface area contributed by atoms with Gasteiger partial charge in [0.05, 0.1) is 19.2 Å². The maximum atomic E-state index is 11.8. The van der Waals surface area contributed by atoms with Crippen LogP contribution in [0.1, 0.15) is 15.9 Å². The van der Waals surface area contributed by atoms with Gasteiger partial charge in [0.15, 0.2) is 0 Å². The van der Waals surface area contributed by atoms with Crippen molar-refractivity contribution in [3.05, 3.63) is 59.9 Å². The van der Waals surface area contributed by atoms with Gasteiger partial charge in [-0.1, -0.05) is 6.07 Å². The summed E-state index contributed by atoms with van der Waals surface area (Å²) in [7, 11) is 1.33. The fraction of sp³-hybridized carbons (Fsp3) is 0.188. The van der Waals surface area contributed by atoms with E-state index in [1.54, 1.807) is 36.7 Å². The highest BCUT2D eigenvalue weighted by atomic mass is 16.5. The van der Waals surface area contributed by atoms with Crippen molar-refractivity contribution in [1.29, 1.82) is 0 Å². The zero-order chi connectivity index (χ0) is 15.8. The van der Waals surface area contributed by atoms with Gasteiger partial charge in [0, 0.05) is 24.6 Å². The van der Waals surface area contributed by atoms with Crippen LogP contribution in [0.15, 0.2) is 48.8 Å². The van der Waals surface area contributed by atoms with Crippen LogP contribution in [-0.2, 0) is 16.1 Å². The van der Waals surface area contributed by atoms with E-state index in [0.29, 0.717) is 17.8 Å². The SMILES string of the molecule is COC(=O)c1ccc(NC(=O)CNCc2cccnc2)cc1. The van der Waals surface area contributed by atoms with Gasteiger partial charge in [-0.3, -0.25) is 9.78 Å². The number of pyridine rings is 1. The van der Waals surface area contributed by atoms with E-state index in [-0.39, 0.29) is 12.5 Å². The Kier molecular flexibility index (Phi) is 5.62. The van der Waals surface area contributed by atoms with Gasteiger partial charge in [-0.15, -0.1) is 0 Å². The third kappa shape index (κ3) is 4.68. The van der Waals surface area contributed by atoms with Gasteiger partial charge < -0.3 is 15.4 Å². The summed E-state index contributed by atoms with van der Waals surface area (Å²) in [5.41, 5.74) is 2.08. The molecule has 6 nitrogen and oxygen atoms in total. The van der Waals surface area contributed by atoms with E-state index in [1.165, 1.54) is 7.11 Å². The van der Waals surface area contributed by atoms with Crippen molar-refractivity contribution in [2.24, 2.45) is 0 Å². The zero-order valence-corrected chi connectivity index (χ0v) is 12.2. The van der Waals surface area contributed by atoms with Crippen LogP contribution in [0.2, 0.25) is 0 Å². The maximum Gasteiger partial charge on any atom is 0.337 e. The number of ether oxygens (including phenoxy) is 1. The van der Waals surface area contributed by atoms with Gasteiger partial charge in [-0.05, 0) is 35.9 Å². The summed E-state index contributed by atoms with van der Waals surface area (Å²) in [6, 6.07) is 10.3. The van der Waals surface area contributed by atoms with Crippen LogP contribution in [0.25, 0.3) is 0 Å². The molecule has 1 aromatic heterocycles. The van der Waals surface area contributed by atoms with Crippen molar-refractivity contribution in [1.82, 2.24) is 10.3 Å². The highest BCUT2D eigenvalue weighted by molar-refractivity contribution is 5.93. The van der Waals surface area contributed by atoms with E-state index in [0.717, 1.165) is 5.56 Å². The van der Waals surface area contributed by atoms with Crippen molar-refractivity contribution >= 4 is 17.6 Å². The summed E-state index contributed by atoms with van der Waals surface area (Å²) in [6.07, 6.45) is 3.45. The van der Waals surface area contributed by atoms with Crippen molar-refractivity contribution in [2.45, 2.75) is 6.54 Å². The Hall–Kier alpha value is -2.73. The number of nitrogens with one attached hydrogen (secondary N) is 2. The molecule has 1 heterocycles. The van der Waals surface area contributed by atoms with E-state index in [2.05, 4.69) is 20.4 Å². The molecule has 2 aromatic rings. The van der Waals surface area contributed by atoms with Crippen molar-refractivity contribution in [3.63, 3.8) is 0 Å². The second kappa shape index (κ2) is 7.90. The third-order valence-corrected chi connectivity index (χ3v) is 2.93. The quantitative estimate of drug-likeness (QED) is 0.792. The molecule has 0 bridgehead atoms. The van der Waals surface area contributed by atoms with Gasteiger partial charge >= 0.3 is 5.97 Å². The molecule has 2 N–H and O–H groups in total. The number of anilines is 1. The first-order valence-electron chi connectivity index (χ1n) is 6.77. The van der Waals surface area contributed by atoms with Gasteiger partial charge in [0.25, 0.3) is 0 Å². The lowest BCUT2D eigenvalue weighted by atomic mass is 10.2. The second-order valence-electron chi connectivity index (χ2n) is 4.58. The van der Waals surface area contributed by atoms with Gasteiger partial charge in [0.1, 0.15) is 0 Å². The molecule has 1 amide bonds. The minimum absolute atomic E-state index is 0.158. The Morgan fingerprint density at radius 1 is 1.18 bits per heavy atom. The number of hydrogen-bond acceptors (Lipinski definition) is 5. The Bertz CT molecular complexity index is 627. The van der Waals surface area contributed by atoms with Crippen LogP contribution in [0.4, 0.5) is 5.69 Å². The number of esters is 1. The number of methoxy groups -OCH3 is 1. The molecule has 6 heteroatoms. The van der Waals surface area contributed by atoms with Crippen LogP contribution in [0.3, 0.4) is 0 Å². The Morgan fingerprint density at radius 3 is 2.59 bits per heavy atom. The number of carbonyl (C=O) groups is 2. The smallest absolute Gasteiger partial charge is 0.337 e. The van der Waals surface area contributed by atoms with Crippen molar-refractivity contribution < 1.29 is 14.3 Å². The second-order valence-corrected chi connectivity index (χ2v) is 4.58. The molecule has 2 rings (SSSR count). The first-order chi connectivity index (χ1) is 10.7. The molecule has 0 aliphatic rings. The first kappa shape index (κ1) is 15.7. The highest BCUT2D eigenvalue weighted by Crippen LogP contribution is 2.10. The number of carbonyl (C=O) groups excluding carboxylic acids is 2. The number of nitrogens with zero attached hydrogens (tertiary/aromatic N) is 1. The van der Waals surface area contributed by atoms with Crippen LogP contribution in [-0.4, -0.2) is 30.5 Å². The molecule has 0 aliphatic carbocycles. The van der Waals surface area contributed by atoms with Crippen LogP contribution < -0.4 is 10.6 Å². The summed E-state index contributed by atoms with van der Waals surface area (Å²) < 4.78 is 4.61.